The lowest BCUT2D eigenvalue weighted by Gasteiger charge is -2.20. The number of nitrogens with two attached hydrogens (primary N) is 1. The summed E-state index contributed by atoms with van der Waals surface area (Å²) in [4.78, 5) is 34.4. The van der Waals surface area contributed by atoms with Crippen LogP contribution in [0.25, 0.3) is 0 Å². The lowest BCUT2D eigenvalue weighted by Crippen LogP contribution is -2.43. The third-order valence-electron chi connectivity index (χ3n) is 2.36. The van der Waals surface area contributed by atoms with Crippen LogP contribution in [-0.4, -0.2) is 48.1 Å². The molecule has 0 aliphatic heterocycles. The summed E-state index contributed by atoms with van der Waals surface area (Å²) in [6, 6.07) is 3.72. The van der Waals surface area contributed by atoms with Gasteiger partial charge in [-0.2, -0.15) is 0 Å². The summed E-state index contributed by atoms with van der Waals surface area (Å²) in [5, 5.41) is 11.5. The minimum atomic E-state index is -1.27. The van der Waals surface area contributed by atoms with Crippen molar-refractivity contribution >= 4 is 35.2 Å². The van der Waals surface area contributed by atoms with Crippen molar-refractivity contribution in [3.05, 3.63) is 23.2 Å². The largest absolute Gasteiger partial charge is 0.495 e. The van der Waals surface area contributed by atoms with Gasteiger partial charge in [-0.3, -0.25) is 9.59 Å². The van der Waals surface area contributed by atoms with Crippen LogP contribution < -0.4 is 15.8 Å². The maximum Gasteiger partial charge on any atom is 0.323 e. The second-order valence-electron chi connectivity index (χ2n) is 3.99. The fourth-order valence-electron chi connectivity index (χ4n) is 1.52. The van der Waals surface area contributed by atoms with E-state index in [9.17, 15) is 14.4 Å². The third kappa shape index (κ3) is 5.19. The van der Waals surface area contributed by atoms with E-state index < -0.39 is 31.0 Å². The van der Waals surface area contributed by atoms with Crippen molar-refractivity contribution in [2.24, 2.45) is 5.73 Å². The molecule has 0 aliphatic rings. The Hall–Kier alpha value is -2.48. The number of carboxylic acid groups (broad SMARTS) is 1. The van der Waals surface area contributed by atoms with Gasteiger partial charge in [0.05, 0.1) is 12.8 Å². The predicted molar refractivity (Wildman–Crippen MR) is 75.4 cm³/mol. The molecule has 8 nitrogen and oxygen atoms in total. The fourth-order valence-corrected chi connectivity index (χ4v) is 1.70. The number of nitrogens with one attached hydrogen (secondary N) is 1. The van der Waals surface area contributed by atoms with Crippen LogP contribution in [0.4, 0.5) is 10.5 Å². The van der Waals surface area contributed by atoms with Crippen LogP contribution in [-0.2, 0) is 9.59 Å². The first-order chi connectivity index (χ1) is 9.83. The highest BCUT2D eigenvalue weighted by Gasteiger charge is 2.20. The maximum atomic E-state index is 12.0. The van der Waals surface area contributed by atoms with Crippen molar-refractivity contribution in [3.63, 3.8) is 0 Å². The van der Waals surface area contributed by atoms with Crippen molar-refractivity contribution in [1.82, 2.24) is 4.90 Å². The Morgan fingerprint density at radius 2 is 2.05 bits per heavy atom. The van der Waals surface area contributed by atoms with Crippen molar-refractivity contribution in [3.8, 4) is 5.75 Å². The zero-order valence-electron chi connectivity index (χ0n) is 11.1. The number of primary amides is 1. The van der Waals surface area contributed by atoms with Crippen LogP contribution in [0.5, 0.6) is 5.75 Å². The topological polar surface area (TPSA) is 122 Å². The van der Waals surface area contributed by atoms with E-state index in [1.54, 1.807) is 6.07 Å². The molecule has 4 N–H and O–H groups in total. The van der Waals surface area contributed by atoms with Gasteiger partial charge in [-0.15, -0.1) is 0 Å². The summed E-state index contributed by atoms with van der Waals surface area (Å²) in [5.74, 6) is -1.77. The van der Waals surface area contributed by atoms with Crippen molar-refractivity contribution < 1.29 is 24.2 Å². The van der Waals surface area contributed by atoms with Crippen LogP contribution in [0.1, 0.15) is 0 Å². The SMILES string of the molecule is COc1ccc(Cl)cc1NC(=O)N(CC(N)=O)CC(=O)O. The molecule has 3 amide bonds. The quantitative estimate of drug-likeness (QED) is 0.715. The van der Waals surface area contributed by atoms with Gasteiger partial charge in [-0.1, -0.05) is 11.6 Å². The Kier molecular flexibility index (Phi) is 5.79. The van der Waals surface area contributed by atoms with E-state index >= 15 is 0 Å². The molecule has 0 atom stereocenters. The van der Waals surface area contributed by atoms with E-state index in [2.05, 4.69) is 5.32 Å². The summed E-state index contributed by atoms with van der Waals surface area (Å²) in [7, 11) is 1.40. The molecule has 1 aromatic rings. The molecule has 0 aromatic heterocycles. The number of hydrogen-bond donors (Lipinski definition) is 3. The number of carbonyl (C=O) groups is 3. The zero-order valence-corrected chi connectivity index (χ0v) is 11.9. The van der Waals surface area contributed by atoms with Gasteiger partial charge >= 0.3 is 12.0 Å². The molecule has 9 heteroatoms. The molecule has 21 heavy (non-hydrogen) atoms. The first-order valence-corrected chi connectivity index (χ1v) is 6.11. The normalized spacial score (nSPS) is 9.81. The van der Waals surface area contributed by atoms with E-state index in [4.69, 9.17) is 27.2 Å². The van der Waals surface area contributed by atoms with Gasteiger partial charge in [-0.25, -0.2) is 4.79 Å². The Bertz CT molecular complexity index is 548. The molecule has 0 fully saturated rings. The van der Waals surface area contributed by atoms with Crippen LogP contribution in [0, 0.1) is 0 Å². The van der Waals surface area contributed by atoms with E-state index in [-0.39, 0.29) is 5.69 Å². The number of amides is 3. The second kappa shape index (κ2) is 7.34. The maximum absolute atomic E-state index is 12.0. The molecule has 1 rings (SSSR count). The van der Waals surface area contributed by atoms with Crippen LogP contribution in [0.2, 0.25) is 5.02 Å². The molecule has 1 aromatic carbocycles. The smallest absolute Gasteiger partial charge is 0.323 e. The lowest BCUT2D eigenvalue weighted by atomic mass is 10.3. The van der Waals surface area contributed by atoms with Crippen LogP contribution in [0.3, 0.4) is 0 Å². The molecule has 0 heterocycles. The number of anilines is 1. The minimum Gasteiger partial charge on any atom is -0.495 e. The highest BCUT2D eigenvalue weighted by molar-refractivity contribution is 6.31. The van der Waals surface area contributed by atoms with E-state index in [0.29, 0.717) is 10.8 Å². The predicted octanol–water partition coefficient (Wildman–Crippen LogP) is 0.752. The molecule has 0 spiro atoms. The van der Waals surface area contributed by atoms with Crippen LogP contribution >= 0.6 is 11.6 Å². The van der Waals surface area contributed by atoms with Crippen LogP contribution in [0.15, 0.2) is 18.2 Å². The number of urea groups is 1. The molecule has 0 aliphatic carbocycles. The number of carboxylic acids is 1. The number of aliphatic carboxylic acids is 1. The van der Waals surface area contributed by atoms with Crippen molar-refractivity contribution in [1.29, 1.82) is 0 Å². The van der Waals surface area contributed by atoms with E-state index in [1.807, 2.05) is 0 Å². The van der Waals surface area contributed by atoms with Gasteiger partial charge in [0.1, 0.15) is 18.8 Å². The Labute approximate surface area is 125 Å². The monoisotopic (exact) mass is 315 g/mol. The summed E-state index contributed by atoms with van der Waals surface area (Å²) >= 11 is 5.82. The van der Waals surface area contributed by atoms with Gasteiger partial charge in [-0.05, 0) is 18.2 Å². The first kappa shape index (κ1) is 16.6. The Morgan fingerprint density at radius 1 is 1.38 bits per heavy atom. The van der Waals surface area contributed by atoms with Gasteiger partial charge in [0.15, 0.2) is 0 Å². The molecule has 0 unspecified atom stereocenters. The molecule has 0 saturated heterocycles. The third-order valence-corrected chi connectivity index (χ3v) is 2.60. The Morgan fingerprint density at radius 3 is 2.57 bits per heavy atom. The first-order valence-electron chi connectivity index (χ1n) is 5.73. The number of benzene rings is 1. The number of methoxy groups -OCH3 is 1. The van der Waals surface area contributed by atoms with Crippen molar-refractivity contribution in [2.75, 3.05) is 25.5 Å². The van der Waals surface area contributed by atoms with Crippen molar-refractivity contribution in [2.45, 2.75) is 0 Å². The summed E-state index contributed by atoms with van der Waals surface area (Å²) in [6.45, 7) is -1.20. The number of nitrogens with zero attached hydrogens (tertiary/aromatic N) is 1. The fraction of sp³-hybridized carbons (Fsp3) is 0.250. The number of carbonyl (C=O) groups excluding carboxylic acids is 2. The number of hydrogen-bond acceptors (Lipinski definition) is 4. The van der Waals surface area contributed by atoms with E-state index in [1.165, 1.54) is 19.2 Å². The van der Waals surface area contributed by atoms with Gasteiger partial charge in [0.2, 0.25) is 5.91 Å². The molecule has 114 valence electrons. The number of rotatable bonds is 6. The Balaban J connectivity index is 2.92. The zero-order chi connectivity index (χ0) is 16.0. The standard InChI is InChI=1S/C12H14ClN3O5/c1-21-9-3-2-7(13)4-8(9)15-12(20)16(5-10(14)17)6-11(18)19/h2-4H,5-6H2,1H3,(H2,14,17)(H,15,20)(H,18,19). The molecular weight excluding hydrogens is 302 g/mol. The molecule has 0 saturated carbocycles. The summed E-state index contributed by atoms with van der Waals surface area (Å²) in [5.41, 5.74) is 5.23. The average Bonchev–Trinajstić information content (AvgIpc) is 2.37. The highest BCUT2D eigenvalue weighted by Crippen LogP contribution is 2.27. The second-order valence-corrected chi connectivity index (χ2v) is 4.43. The van der Waals surface area contributed by atoms with Gasteiger partial charge < -0.3 is 25.8 Å². The van der Waals surface area contributed by atoms with Gasteiger partial charge in [0, 0.05) is 5.02 Å². The number of ether oxygens (including phenoxy) is 1. The minimum absolute atomic E-state index is 0.245. The highest BCUT2D eigenvalue weighted by atomic mass is 35.5. The summed E-state index contributed by atoms with van der Waals surface area (Å²) < 4.78 is 5.04. The van der Waals surface area contributed by atoms with Gasteiger partial charge in [0.25, 0.3) is 0 Å². The molecular formula is C12H14ClN3O5. The number of halogens is 1. The molecule has 0 radical (unpaired) electrons. The average molecular weight is 316 g/mol. The summed E-state index contributed by atoms with van der Waals surface area (Å²) in [6.07, 6.45) is 0. The molecule has 0 bridgehead atoms. The van der Waals surface area contributed by atoms with E-state index in [0.717, 1.165) is 4.90 Å². The lowest BCUT2D eigenvalue weighted by molar-refractivity contribution is -0.137.